The number of esters is 6. The first-order valence-electron chi connectivity index (χ1n) is 34.6. The summed E-state index contributed by atoms with van der Waals surface area (Å²) in [5, 5.41) is 50.9. The zero-order valence-electron chi connectivity index (χ0n) is 57.1. The molecule has 20 nitrogen and oxygen atoms in total. The molecule has 1 heterocycles. The third kappa shape index (κ3) is 13.7. The molecule has 7 fully saturated rings. The van der Waals surface area contributed by atoms with E-state index >= 15 is 4.79 Å². The number of benzene rings is 3. The number of carbonyl (C=O) groups is 8. The van der Waals surface area contributed by atoms with Gasteiger partial charge in [0.1, 0.15) is 36.1 Å². The average Bonchev–Trinajstić information content (AvgIpc) is 0.854. The van der Waals surface area contributed by atoms with Crippen molar-refractivity contribution >= 4 is 47.5 Å². The largest absolute Gasteiger partial charge is 0.461 e. The molecule has 14 unspecified atom stereocenters. The number of nitrogens with one attached hydrogen (secondary N) is 1. The van der Waals surface area contributed by atoms with E-state index < -0.39 is 156 Å². The SMILES string of the molecule is C=C1/C(=C/C=C2/CCC[C@@]3(C)C2CCC3[C@@H](C)/C=C/C(O)C2CC2)C[C@@H](O)C[C@@H]1OC(=O)CCC(=O)OC1CC2OCC2(OC(C)=O)C2C(OC(=O)c3ccccc3)C3(O)CC(OC(=O)C(O)C(NC(=O)c4ccccc4)c4ccccc4)C(C)=C(C(OC(C)=O)C(=O)C12C)C3(C)C. The minimum Gasteiger partial charge on any atom is -0.461 e. The van der Waals surface area contributed by atoms with Gasteiger partial charge in [-0.25, -0.2) is 9.59 Å². The van der Waals surface area contributed by atoms with Gasteiger partial charge in [-0.3, -0.25) is 28.8 Å². The maximum Gasteiger partial charge on any atom is 0.338 e. The van der Waals surface area contributed by atoms with Gasteiger partial charge in [-0.15, -0.1) is 0 Å². The Morgan fingerprint density at radius 1 is 0.765 bits per heavy atom. The lowest BCUT2D eigenvalue weighted by molar-refractivity contribution is -0.346. The van der Waals surface area contributed by atoms with Crippen LogP contribution < -0.4 is 5.32 Å². The number of aliphatic hydroxyl groups is 4. The molecule has 6 saturated carbocycles. The van der Waals surface area contributed by atoms with Crippen molar-refractivity contribution in [3.8, 4) is 0 Å². The number of allylic oxidation sites excluding steroid dienone is 4. The molecule has 7 aliphatic carbocycles. The van der Waals surface area contributed by atoms with Gasteiger partial charge in [0.2, 0.25) is 0 Å². The average molecular weight is 1350 g/mol. The number of fused-ring (bicyclic) bond motifs is 6. The number of amides is 1. The molecule has 1 aliphatic heterocycles. The molecule has 0 spiro atoms. The summed E-state index contributed by atoms with van der Waals surface area (Å²) in [5.41, 5.74) is -5.40. The number of aliphatic hydroxyl groups excluding tert-OH is 3. The van der Waals surface area contributed by atoms with E-state index in [1.54, 1.807) is 78.9 Å². The van der Waals surface area contributed by atoms with Crippen LogP contribution in [-0.4, -0.2) is 141 Å². The van der Waals surface area contributed by atoms with E-state index in [0.29, 0.717) is 41.2 Å². The predicted octanol–water partition coefficient (Wildman–Crippen LogP) is 9.72. The summed E-state index contributed by atoms with van der Waals surface area (Å²) in [5.74, 6) is -7.77. The molecule has 20 heteroatoms. The molecule has 5 N–H and O–H groups in total. The molecule has 524 valence electrons. The fourth-order valence-electron chi connectivity index (χ4n) is 17.7. The van der Waals surface area contributed by atoms with E-state index in [0.717, 1.165) is 64.4 Å². The first kappa shape index (κ1) is 71.4. The van der Waals surface area contributed by atoms with E-state index in [9.17, 15) is 54.0 Å². The Morgan fingerprint density at radius 3 is 2.03 bits per heavy atom. The van der Waals surface area contributed by atoms with Crippen LogP contribution in [0.15, 0.2) is 150 Å². The number of rotatable bonds is 20. The lowest BCUT2D eigenvalue weighted by Crippen LogP contribution is -2.82. The minimum absolute atomic E-state index is 0.00475. The monoisotopic (exact) mass is 1350 g/mol. The van der Waals surface area contributed by atoms with Crippen LogP contribution in [0.2, 0.25) is 0 Å². The maximum atomic E-state index is 16.6. The van der Waals surface area contributed by atoms with Crippen molar-refractivity contribution in [2.75, 3.05) is 6.61 Å². The van der Waals surface area contributed by atoms with E-state index in [2.05, 4.69) is 37.9 Å². The summed E-state index contributed by atoms with van der Waals surface area (Å²) in [4.78, 5) is 116. The molecule has 0 aromatic heterocycles. The molecule has 1 amide bonds. The van der Waals surface area contributed by atoms with Crippen LogP contribution in [0.25, 0.3) is 0 Å². The zero-order valence-corrected chi connectivity index (χ0v) is 57.1. The summed E-state index contributed by atoms with van der Waals surface area (Å²) in [6.45, 7) is 16.7. The zero-order chi connectivity index (χ0) is 70.4. The Labute approximate surface area is 572 Å². The van der Waals surface area contributed by atoms with Gasteiger partial charge >= 0.3 is 35.8 Å². The topological polar surface area (TPSA) is 294 Å². The van der Waals surface area contributed by atoms with Crippen molar-refractivity contribution in [3.63, 3.8) is 0 Å². The second-order valence-electron chi connectivity index (χ2n) is 29.5. The van der Waals surface area contributed by atoms with Crippen LogP contribution in [0.4, 0.5) is 0 Å². The number of Topliss-reactive ketones (excluding diaryl/α,β-unsaturated/α-hetero) is 1. The number of ketones is 1. The molecule has 11 rings (SSSR count). The van der Waals surface area contributed by atoms with Crippen molar-refractivity contribution < 1.29 is 91.9 Å². The molecular formula is C78H93NO19. The van der Waals surface area contributed by atoms with Crippen molar-refractivity contribution in [2.24, 2.45) is 45.8 Å². The number of hydrogen-bond acceptors (Lipinski definition) is 19. The molecule has 2 bridgehead atoms. The number of carbonyl (C=O) groups excluding carboxylic acids is 8. The lowest BCUT2D eigenvalue weighted by atomic mass is 9.44. The Morgan fingerprint density at radius 2 is 1.41 bits per heavy atom. The number of hydrogen-bond donors (Lipinski definition) is 5. The minimum atomic E-state index is -2.56. The number of ether oxygens (including phenoxy) is 7. The predicted molar refractivity (Wildman–Crippen MR) is 356 cm³/mol. The van der Waals surface area contributed by atoms with Crippen molar-refractivity contribution in [3.05, 3.63) is 166 Å². The summed E-state index contributed by atoms with van der Waals surface area (Å²) >= 11 is 0. The molecule has 3 aromatic carbocycles. The molecule has 18 atom stereocenters. The van der Waals surface area contributed by atoms with Crippen LogP contribution in [0, 0.1) is 45.8 Å². The van der Waals surface area contributed by atoms with Crippen LogP contribution in [-0.2, 0) is 61.9 Å². The van der Waals surface area contributed by atoms with Gasteiger partial charge in [0, 0.05) is 44.1 Å². The first-order valence-corrected chi connectivity index (χ1v) is 34.6. The smallest absolute Gasteiger partial charge is 0.338 e. The summed E-state index contributed by atoms with van der Waals surface area (Å²) in [6.07, 6.45) is 1.23. The van der Waals surface area contributed by atoms with Gasteiger partial charge in [-0.05, 0) is 146 Å². The van der Waals surface area contributed by atoms with E-state index in [1.807, 2.05) is 12.2 Å². The standard InChI is InChI=1S/C78H93NO19/c1-43(27-34-57(83)49-29-30-49)55-32-33-56-48(26-19-37-75(55,56)8)28-31-53-38-54(82)39-58(44(53)2)94-62(84)35-36-63(85)96-60-40-61-77(42-92-61,98-47(5)81)68-70(97-72(89)52-24-17-12-18-25-52)78(91)41-59(45(3)64(74(78,6)7)67(93-46(4)80)69(87)76(60,68)9)95-73(90)66(86)65(50-20-13-10-14-21-50)79-71(88)51-22-15-11-16-23-51/h10-18,20-25,27-28,31,34,43,49,54-61,65-68,70,82-83,86,91H,2,19,26,29-30,32-33,35-42H2,1,3-9H3,(H,79,88)/b34-27+,48-28-,53-31+/t43-,54+,55?,56?,57?,58-,59?,60?,61?,65?,66?,67?,68?,70?,75+,76?,77?,78?/m0/s1. The van der Waals surface area contributed by atoms with Gasteiger partial charge in [0.15, 0.2) is 23.6 Å². The fraction of sp³-hybridized carbons (Fsp3) is 0.538. The van der Waals surface area contributed by atoms with Gasteiger partial charge in [-0.2, -0.15) is 0 Å². The molecule has 8 aliphatic rings. The molecule has 1 saturated heterocycles. The van der Waals surface area contributed by atoms with Crippen LogP contribution in [0.5, 0.6) is 0 Å². The van der Waals surface area contributed by atoms with Crippen LogP contribution >= 0.6 is 0 Å². The van der Waals surface area contributed by atoms with E-state index in [-0.39, 0.29) is 46.6 Å². The molecule has 98 heavy (non-hydrogen) atoms. The molecule has 3 aromatic rings. The molecule has 0 radical (unpaired) electrons. The normalized spacial score (nSPS) is 33.8. The Balaban J connectivity index is 0.881. The van der Waals surface area contributed by atoms with Crippen LogP contribution in [0.1, 0.15) is 171 Å². The highest BCUT2D eigenvalue weighted by molar-refractivity contribution is 5.97. The summed E-state index contributed by atoms with van der Waals surface area (Å²) in [6, 6.07) is 22.6. The summed E-state index contributed by atoms with van der Waals surface area (Å²) < 4.78 is 43.8. The van der Waals surface area contributed by atoms with Crippen molar-refractivity contribution in [1.29, 1.82) is 0 Å². The third-order valence-electron chi connectivity index (χ3n) is 23.2. The maximum absolute atomic E-state index is 16.6. The van der Waals surface area contributed by atoms with Gasteiger partial charge in [0.25, 0.3) is 5.91 Å². The second-order valence-corrected chi connectivity index (χ2v) is 29.5. The van der Waals surface area contributed by atoms with E-state index in [4.69, 9.17) is 33.2 Å². The van der Waals surface area contributed by atoms with E-state index in [1.165, 1.54) is 45.4 Å². The van der Waals surface area contributed by atoms with Crippen molar-refractivity contribution in [1.82, 2.24) is 5.32 Å². The van der Waals surface area contributed by atoms with Crippen LogP contribution in [0.3, 0.4) is 0 Å². The summed E-state index contributed by atoms with van der Waals surface area (Å²) in [7, 11) is 0. The molecular weight excluding hydrogens is 1250 g/mol. The second kappa shape index (κ2) is 28.4. The van der Waals surface area contributed by atoms with Gasteiger partial charge in [-0.1, -0.05) is 131 Å². The Bertz CT molecular complexity index is 3700. The van der Waals surface area contributed by atoms with Gasteiger partial charge in [0.05, 0.1) is 54.6 Å². The Kier molecular flexibility index (Phi) is 20.7. The highest BCUT2D eigenvalue weighted by Gasteiger charge is 2.79. The highest BCUT2D eigenvalue weighted by Crippen LogP contribution is 2.66. The quantitative estimate of drug-likeness (QED) is 0.0399. The van der Waals surface area contributed by atoms with Gasteiger partial charge < -0.3 is 58.9 Å². The first-order chi connectivity index (χ1) is 46.5. The Hall–Kier alpha value is -7.88. The lowest BCUT2D eigenvalue weighted by Gasteiger charge is -2.67. The fourth-order valence-corrected chi connectivity index (χ4v) is 17.7. The van der Waals surface area contributed by atoms with Crippen molar-refractivity contribution in [2.45, 2.75) is 211 Å². The third-order valence-corrected chi connectivity index (χ3v) is 23.2. The highest BCUT2D eigenvalue weighted by atomic mass is 16.6.